The normalized spacial score (nSPS) is 16.9. The minimum Gasteiger partial charge on any atom is -0.335 e. The van der Waals surface area contributed by atoms with Gasteiger partial charge in [-0.2, -0.15) is 0 Å². The number of hydrogen-bond donors (Lipinski definition) is 1. The van der Waals surface area contributed by atoms with E-state index >= 15 is 0 Å². The van der Waals surface area contributed by atoms with Crippen LogP contribution in [0.5, 0.6) is 0 Å². The molecular formula is C13H19N5. The molecule has 0 saturated heterocycles. The van der Waals surface area contributed by atoms with E-state index in [-0.39, 0.29) is 0 Å². The highest BCUT2D eigenvalue weighted by molar-refractivity contribution is 4.99. The lowest BCUT2D eigenvalue weighted by atomic mass is 10.3. The molecule has 1 aliphatic carbocycles. The average molecular weight is 245 g/mol. The van der Waals surface area contributed by atoms with Crippen molar-refractivity contribution in [1.82, 2.24) is 24.4 Å². The molecule has 1 saturated carbocycles. The first kappa shape index (κ1) is 11.5. The predicted molar refractivity (Wildman–Crippen MR) is 69.0 cm³/mol. The summed E-state index contributed by atoms with van der Waals surface area (Å²) in [5.74, 6) is 0. The van der Waals surface area contributed by atoms with Crippen molar-refractivity contribution in [2.24, 2.45) is 0 Å². The lowest BCUT2D eigenvalue weighted by Crippen LogP contribution is -2.15. The molecule has 1 unspecified atom stereocenters. The molecule has 0 aromatic carbocycles. The van der Waals surface area contributed by atoms with Gasteiger partial charge >= 0.3 is 0 Å². The van der Waals surface area contributed by atoms with Crippen LogP contribution in [0.1, 0.15) is 31.5 Å². The van der Waals surface area contributed by atoms with Gasteiger partial charge in [-0.3, -0.25) is 0 Å². The molecule has 3 rings (SSSR count). The first-order chi connectivity index (χ1) is 8.81. The molecule has 18 heavy (non-hydrogen) atoms. The molecule has 1 atom stereocenters. The van der Waals surface area contributed by atoms with Crippen molar-refractivity contribution in [3.05, 3.63) is 36.9 Å². The summed E-state index contributed by atoms with van der Waals surface area (Å²) in [4.78, 5) is 8.50. The molecule has 5 heteroatoms. The standard InChI is InChI=1S/C13H19N5/c1-11(7-17-5-4-14-9-17)18-8-13(16-10-18)6-15-12-2-3-12/h4-5,8-12,15H,2-3,6-7H2,1H3. The van der Waals surface area contributed by atoms with Crippen LogP contribution < -0.4 is 5.32 Å². The van der Waals surface area contributed by atoms with Crippen LogP contribution >= 0.6 is 0 Å². The maximum absolute atomic E-state index is 4.44. The topological polar surface area (TPSA) is 47.7 Å². The van der Waals surface area contributed by atoms with Gasteiger partial charge in [-0.25, -0.2) is 9.97 Å². The number of aromatic nitrogens is 4. The second-order valence-electron chi connectivity index (χ2n) is 5.08. The highest BCUT2D eigenvalue weighted by atomic mass is 15.1. The van der Waals surface area contributed by atoms with Crippen molar-refractivity contribution < 1.29 is 0 Å². The Morgan fingerprint density at radius 3 is 3.06 bits per heavy atom. The fourth-order valence-corrected chi connectivity index (χ4v) is 2.04. The van der Waals surface area contributed by atoms with Gasteiger partial charge < -0.3 is 14.5 Å². The van der Waals surface area contributed by atoms with E-state index in [0.717, 1.165) is 24.8 Å². The SMILES string of the molecule is CC(Cn1ccnc1)n1cnc(CNC2CC2)c1. The van der Waals surface area contributed by atoms with Crippen LogP contribution in [0, 0.1) is 0 Å². The smallest absolute Gasteiger partial charge is 0.0953 e. The second-order valence-corrected chi connectivity index (χ2v) is 5.08. The Balaban J connectivity index is 1.57. The molecular weight excluding hydrogens is 226 g/mol. The van der Waals surface area contributed by atoms with Crippen LogP contribution in [0.4, 0.5) is 0 Å². The fraction of sp³-hybridized carbons (Fsp3) is 0.538. The molecule has 0 aliphatic heterocycles. The largest absolute Gasteiger partial charge is 0.335 e. The van der Waals surface area contributed by atoms with E-state index in [0.29, 0.717) is 6.04 Å². The molecule has 5 nitrogen and oxygen atoms in total. The minimum absolute atomic E-state index is 0.390. The zero-order valence-corrected chi connectivity index (χ0v) is 10.7. The summed E-state index contributed by atoms with van der Waals surface area (Å²) in [5.41, 5.74) is 1.12. The van der Waals surface area contributed by atoms with Gasteiger partial charge in [-0.15, -0.1) is 0 Å². The van der Waals surface area contributed by atoms with Crippen LogP contribution in [0.3, 0.4) is 0 Å². The third-order valence-electron chi connectivity index (χ3n) is 3.35. The number of nitrogens with one attached hydrogen (secondary N) is 1. The third-order valence-corrected chi connectivity index (χ3v) is 3.35. The van der Waals surface area contributed by atoms with Gasteiger partial charge in [0.15, 0.2) is 0 Å². The lowest BCUT2D eigenvalue weighted by molar-refractivity contribution is 0.463. The molecule has 0 bridgehead atoms. The number of imidazole rings is 2. The quantitative estimate of drug-likeness (QED) is 0.840. The number of rotatable bonds is 6. The van der Waals surface area contributed by atoms with Gasteiger partial charge in [0.1, 0.15) is 0 Å². The number of hydrogen-bond acceptors (Lipinski definition) is 3. The van der Waals surface area contributed by atoms with Crippen molar-refractivity contribution in [1.29, 1.82) is 0 Å². The van der Waals surface area contributed by atoms with E-state index in [1.807, 2.05) is 25.0 Å². The van der Waals surface area contributed by atoms with Gasteiger partial charge in [0, 0.05) is 43.8 Å². The molecule has 0 radical (unpaired) electrons. The molecule has 2 aromatic rings. The summed E-state index contributed by atoms with van der Waals surface area (Å²) in [6.45, 7) is 4.00. The van der Waals surface area contributed by atoms with Crippen LogP contribution in [-0.2, 0) is 13.1 Å². The first-order valence-corrected chi connectivity index (χ1v) is 6.53. The van der Waals surface area contributed by atoms with Crippen molar-refractivity contribution >= 4 is 0 Å². The molecule has 0 spiro atoms. The van der Waals surface area contributed by atoms with Gasteiger partial charge in [-0.1, -0.05) is 0 Å². The number of nitrogens with zero attached hydrogens (tertiary/aromatic N) is 4. The van der Waals surface area contributed by atoms with Crippen LogP contribution in [0.25, 0.3) is 0 Å². The monoisotopic (exact) mass is 245 g/mol. The molecule has 2 heterocycles. The van der Waals surface area contributed by atoms with Crippen molar-refractivity contribution in [3.8, 4) is 0 Å². The Hall–Kier alpha value is -1.62. The maximum Gasteiger partial charge on any atom is 0.0953 e. The highest BCUT2D eigenvalue weighted by Gasteiger charge is 2.20. The van der Waals surface area contributed by atoms with E-state index in [9.17, 15) is 0 Å². The van der Waals surface area contributed by atoms with Crippen LogP contribution in [0.2, 0.25) is 0 Å². The Bertz CT molecular complexity index is 483. The molecule has 0 amide bonds. The molecule has 1 aliphatic rings. The summed E-state index contributed by atoms with van der Waals surface area (Å²) in [6, 6.07) is 1.12. The zero-order chi connectivity index (χ0) is 12.4. The van der Waals surface area contributed by atoms with E-state index in [1.54, 1.807) is 0 Å². The third kappa shape index (κ3) is 2.79. The van der Waals surface area contributed by atoms with E-state index in [4.69, 9.17) is 0 Å². The fourth-order valence-electron chi connectivity index (χ4n) is 2.04. The van der Waals surface area contributed by atoms with Gasteiger partial charge in [0.25, 0.3) is 0 Å². The Morgan fingerprint density at radius 1 is 1.44 bits per heavy atom. The average Bonchev–Trinajstić information content (AvgIpc) is 2.88. The Labute approximate surface area is 107 Å². The Kier molecular flexibility index (Phi) is 3.15. The maximum atomic E-state index is 4.44. The summed E-state index contributed by atoms with van der Waals surface area (Å²) in [5, 5.41) is 3.48. The summed E-state index contributed by atoms with van der Waals surface area (Å²) in [7, 11) is 0. The van der Waals surface area contributed by atoms with Gasteiger partial charge in [0.2, 0.25) is 0 Å². The summed E-state index contributed by atoms with van der Waals surface area (Å²) < 4.78 is 4.26. The van der Waals surface area contributed by atoms with Crippen LogP contribution in [0.15, 0.2) is 31.2 Å². The Morgan fingerprint density at radius 2 is 2.33 bits per heavy atom. The van der Waals surface area contributed by atoms with Crippen LogP contribution in [-0.4, -0.2) is 25.1 Å². The lowest BCUT2D eigenvalue weighted by Gasteiger charge is -2.13. The van der Waals surface area contributed by atoms with Gasteiger partial charge in [-0.05, 0) is 19.8 Å². The predicted octanol–water partition coefficient (Wildman–Crippen LogP) is 1.59. The first-order valence-electron chi connectivity index (χ1n) is 6.53. The molecule has 1 N–H and O–H groups in total. The second kappa shape index (κ2) is 4.94. The van der Waals surface area contributed by atoms with Crippen molar-refractivity contribution in [2.75, 3.05) is 0 Å². The molecule has 96 valence electrons. The van der Waals surface area contributed by atoms with E-state index in [2.05, 4.69) is 37.5 Å². The van der Waals surface area contributed by atoms with Crippen molar-refractivity contribution in [3.63, 3.8) is 0 Å². The minimum atomic E-state index is 0.390. The summed E-state index contributed by atoms with van der Waals surface area (Å²) >= 11 is 0. The van der Waals surface area contributed by atoms with Crippen molar-refractivity contribution in [2.45, 2.75) is 44.9 Å². The van der Waals surface area contributed by atoms with E-state index in [1.165, 1.54) is 12.8 Å². The molecule has 1 fully saturated rings. The zero-order valence-electron chi connectivity index (χ0n) is 10.7. The molecule has 2 aromatic heterocycles. The highest BCUT2D eigenvalue weighted by Crippen LogP contribution is 2.19. The van der Waals surface area contributed by atoms with Gasteiger partial charge in [0.05, 0.1) is 18.3 Å². The summed E-state index contributed by atoms with van der Waals surface area (Å²) in [6.07, 6.45) is 12.3. The van der Waals surface area contributed by atoms with E-state index < -0.39 is 0 Å².